The lowest BCUT2D eigenvalue weighted by atomic mass is 9.92. The van der Waals surface area contributed by atoms with Crippen molar-refractivity contribution in [2.24, 2.45) is 5.41 Å². The minimum Gasteiger partial charge on any atom is -0.457 e. The number of rotatable bonds is 28. The van der Waals surface area contributed by atoms with E-state index in [1.165, 1.54) is 0 Å². The summed E-state index contributed by atoms with van der Waals surface area (Å²) in [7, 11) is 0. The number of aliphatic hydroxyl groups excluding tert-OH is 1. The van der Waals surface area contributed by atoms with Gasteiger partial charge in [-0.2, -0.15) is 0 Å². The van der Waals surface area contributed by atoms with Crippen molar-refractivity contribution in [1.82, 2.24) is 0 Å². The van der Waals surface area contributed by atoms with Crippen LogP contribution in [0.25, 0.3) is 0 Å². The predicted octanol–water partition coefficient (Wildman–Crippen LogP) is 2.58. The van der Waals surface area contributed by atoms with Crippen molar-refractivity contribution in [2.75, 3.05) is 66.1 Å². The van der Waals surface area contributed by atoms with Crippen LogP contribution in [-0.2, 0) is 57.0 Å². The number of ether oxygens (including phenoxy) is 9. The molecule has 6 unspecified atom stereocenters. The highest BCUT2D eigenvalue weighted by atomic mass is 16.6. The molecule has 0 amide bonds. The lowest BCUT2D eigenvalue weighted by Crippen LogP contribution is -2.42. The first-order valence-corrected chi connectivity index (χ1v) is 15.0. The fraction of sp³-hybridized carbons (Fsp3) is 0.719. The van der Waals surface area contributed by atoms with Gasteiger partial charge in [-0.05, 0) is 41.5 Å². The summed E-state index contributed by atoms with van der Waals surface area (Å²) in [6.07, 6.45) is 0.896. The van der Waals surface area contributed by atoms with Crippen LogP contribution in [0.1, 0.15) is 41.5 Å². The predicted molar refractivity (Wildman–Crippen MR) is 165 cm³/mol. The molecule has 0 aliphatic carbocycles. The zero-order chi connectivity index (χ0) is 34.3. The normalized spacial score (nSPS) is 16.6. The van der Waals surface area contributed by atoms with Gasteiger partial charge in [0.15, 0.2) is 0 Å². The molecule has 0 aromatic carbocycles. The molecule has 0 rings (SSSR count). The summed E-state index contributed by atoms with van der Waals surface area (Å²) >= 11 is 0. The Balaban J connectivity index is 5.01. The van der Waals surface area contributed by atoms with Gasteiger partial charge in [0.1, 0.15) is 18.3 Å². The second kappa shape index (κ2) is 24.6. The van der Waals surface area contributed by atoms with Crippen molar-refractivity contribution in [2.45, 2.75) is 78.2 Å². The molecule has 0 fully saturated rings. The molecule has 260 valence electrons. The zero-order valence-corrected chi connectivity index (χ0v) is 27.7. The van der Waals surface area contributed by atoms with E-state index in [2.05, 4.69) is 19.7 Å². The highest BCUT2D eigenvalue weighted by molar-refractivity contribution is 5.82. The highest BCUT2D eigenvalue weighted by Crippen LogP contribution is 2.20. The quantitative estimate of drug-likeness (QED) is 0.0753. The van der Waals surface area contributed by atoms with E-state index in [1.54, 1.807) is 20.8 Å². The highest BCUT2D eigenvalue weighted by Gasteiger charge is 2.32. The van der Waals surface area contributed by atoms with Crippen LogP contribution in [-0.4, -0.2) is 126 Å². The Labute approximate surface area is 267 Å². The van der Waals surface area contributed by atoms with E-state index in [0.29, 0.717) is 0 Å². The van der Waals surface area contributed by atoms with Crippen LogP contribution in [0, 0.1) is 5.41 Å². The van der Waals surface area contributed by atoms with Crippen LogP contribution in [0.15, 0.2) is 38.0 Å². The monoisotopic (exact) mass is 646 g/mol. The molecule has 13 nitrogen and oxygen atoms in total. The van der Waals surface area contributed by atoms with Crippen LogP contribution in [0.3, 0.4) is 0 Å². The van der Waals surface area contributed by atoms with Crippen molar-refractivity contribution in [1.29, 1.82) is 0 Å². The van der Waals surface area contributed by atoms with E-state index in [9.17, 15) is 19.5 Å². The van der Waals surface area contributed by atoms with Gasteiger partial charge in [0.2, 0.25) is 0 Å². The summed E-state index contributed by atoms with van der Waals surface area (Å²) in [5.41, 5.74) is -0.925. The molecule has 0 heterocycles. The van der Waals surface area contributed by atoms with Crippen molar-refractivity contribution in [3.05, 3.63) is 38.0 Å². The van der Waals surface area contributed by atoms with Gasteiger partial charge in [0.05, 0.1) is 89.8 Å². The first kappa shape index (κ1) is 42.3. The summed E-state index contributed by atoms with van der Waals surface area (Å²) in [5, 5.41) is 10.4. The lowest BCUT2D eigenvalue weighted by molar-refractivity contribution is -0.149. The summed E-state index contributed by atoms with van der Waals surface area (Å²) in [4.78, 5) is 34.0. The Hall–Kier alpha value is -2.65. The van der Waals surface area contributed by atoms with Crippen LogP contribution in [0.5, 0.6) is 0 Å². The van der Waals surface area contributed by atoms with Gasteiger partial charge < -0.3 is 47.7 Å². The average Bonchev–Trinajstić information content (AvgIpc) is 3.01. The van der Waals surface area contributed by atoms with E-state index in [0.717, 1.165) is 18.2 Å². The SMILES string of the molecule is C=CC(=O)OC(C)COC(C)COCC(CO)(COCC(C)OCC(C)OC(=O)C=C)COCC(C)OCC(C)OC(=O)C=C. The first-order valence-electron chi connectivity index (χ1n) is 15.0. The molecule has 0 radical (unpaired) electrons. The second-order valence-corrected chi connectivity index (χ2v) is 11.0. The maximum atomic E-state index is 11.3. The topological polar surface area (TPSA) is 155 Å². The van der Waals surface area contributed by atoms with Crippen molar-refractivity contribution in [3.63, 3.8) is 0 Å². The molecular formula is C32H54O13. The average molecular weight is 647 g/mol. The van der Waals surface area contributed by atoms with Crippen molar-refractivity contribution >= 4 is 17.9 Å². The zero-order valence-electron chi connectivity index (χ0n) is 27.7. The number of hydrogen-bond acceptors (Lipinski definition) is 13. The molecule has 1 N–H and O–H groups in total. The number of carbonyl (C=O) groups is 3. The van der Waals surface area contributed by atoms with E-state index < -0.39 is 41.6 Å². The molecule has 0 spiro atoms. The minimum atomic E-state index is -0.925. The Morgan fingerprint density at radius 1 is 0.533 bits per heavy atom. The molecule has 0 aliphatic rings. The molecule has 0 saturated heterocycles. The molecular weight excluding hydrogens is 592 g/mol. The van der Waals surface area contributed by atoms with Gasteiger partial charge in [-0.15, -0.1) is 0 Å². The van der Waals surface area contributed by atoms with E-state index in [-0.39, 0.29) is 84.4 Å². The van der Waals surface area contributed by atoms with Crippen molar-refractivity contribution < 1.29 is 62.1 Å². The molecule has 45 heavy (non-hydrogen) atoms. The lowest BCUT2D eigenvalue weighted by Gasteiger charge is -2.32. The number of hydrogen-bond donors (Lipinski definition) is 1. The molecule has 0 aromatic heterocycles. The Kier molecular flexibility index (Phi) is 23.1. The van der Waals surface area contributed by atoms with Gasteiger partial charge in [-0.25, -0.2) is 14.4 Å². The summed E-state index contributed by atoms with van der Waals surface area (Å²) < 4.78 is 50.1. The number of carbonyl (C=O) groups excluding carboxylic acids is 3. The summed E-state index contributed by atoms with van der Waals surface area (Å²) in [6.45, 7) is 21.8. The Bertz CT molecular complexity index is 770. The van der Waals surface area contributed by atoms with Crippen LogP contribution >= 0.6 is 0 Å². The Morgan fingerprint density at radius 3 is 1.02 bits per heavy atom. The van der Waals surface area contributed by atoms with E-state index in [1.807, 2.05) is 20.8 Å². The summed E-state index contributed by atoms with van der Waals surface area (Å²) in [6, 6.07) is 0. The van der Waals surface area contributed by atoms with Crippen LogP contribution in [0.4, 0.5) is 0 Å². The van der Waals surface area contributed by atoms with Gasteiger partial charge in [0.25, 0.3) is 0 Å². The summed E-state index contributed by atoms with van der Waals surface area (Å²) in [5.74, 6) is -1.59. The standard InChI is InChI=1S/C32H54O13/c1-10-29(34)43-26(7)16-40-23(4)13-37-20-32(19-33,21-38-14-24(5)41-17-27(8)44-30(35)11-2)22-39-15-25(6)42-18-28(9)45-31(36)12-3/h10-12,23-28,33H,1-3,13-22H2,4-9H3. The third-order valence-corrected chi connectivity index (χ3v) is 5.92. The molecule has 0 aromatic rings. The fourth-order valence-corrected chi connectivity index (χ4v) is 3.47. The third kappa shape index (κ3) is 21.7. The Morgan fingerprint density at radius 2 is 0.800 bits per heavy atom. The molecule has 0 bridgehead atoms. The van der Waals surface area contributed by atoms with Gasteiger partial charge in [-0.3, -0.25) is 0 Å². The number of aliphatic hydroxyl groups is 1. The van der Waals surface area contributed by atoms with Crippen molar-refractivity contribution in [3.8, 4) is 0 Å². The van der Waals surface area contributed by atoms with Crippen LogP contribution in [0.2, 0.25) is 0 Å². The molecule has 0 saturated carbocycles. The molecule has 6 atom stereocenters. The van der Waals surface area contributed by atoms with Gasteiger partial charge in [0, 0.05) is 18.2 Å². The van der Waals surface area contributed by atoms with Gasteiger partial charge >= 0.3 is 17.9 Å². The molecule has 0 aliphatic heterocycles. The van der Waals surface area contributed by atoms with Crippen LogP contribution < -0.4 is 0 Å². The molecule has 13 heteroatoms. The largest absolute Gasteiger partial charge is 0.457 e. The van der Waals surface area contributed by atoms with Gasteiger partial charge in [-0.1, -0.05) is 19.7 Å². The minimum absolute atomic E-state index is 0.0890. The maximum Gasteiger partial charge on any atom is 0.330 e. The van der Waals surface area contributed by atoms with E-state index >= 15 is 0 Å². The number of esters is 3. The first-order chi connectivity index (χ1) is 21.3. The van der Waals surface area contributed by atoms with E-state index in [4.69, 9.17) is 42.6 Å². The third-order valence-electron chi connectivity index (χ3n) is 5.92. The second-order valence-electron chi connectivity index (χ2n) is 11.0. The smallest absolute Gasteiger partial charge is 0.330 e. The maximum absolute atomic E-state index is 11.3. The fourth-order valence-electron chi connectivity index (χ4n) is 3.47.